The van der Waals surface area contributed by atoms with Gasteiger partial charge in [-0.05, 0) is 43.3 Å². The lowest BCUT2D eigenvalue weighted by molar-refractivity contribution is -0.119. The molecule has 0 aromatic heterocycles. The predicted octanol–water partition coefficient (Wildman–Crippen LogP) is 2.07. The van der Waals surface area contributed by atoms with Crippen molar-refractivity contribution in [3.63, 3.8) is 0 Å². The molecule has 3 rings (SSSR count). The van der Waals surface area contributed by atoms with Crippen LogP contribution in [-0.4, -0.2) is 70.2 Å². The summed E-state index contributed by atoms with van der Waals surface area (Å²) in [4.78, 5) is 36.1. The molecule has 182 valence electrons. The van der Waals surface area contributed by atoms with Gasteiger partial charge in [-0.2, -0.15) is 4.31 Å². The van der Waals surface area contributed by atoms with Gasteiger partial charge in [0.15, 0.2) is 6.61 Å². The Hall–Kier alpha value is -3.48. The van der Waals surface area contributed by atoms with E-state index in [0.29, 0.717) is 18.9 Å². The van der Waals surface area contributed by atoms with Gasteiger partial charge in [0.05, 0.1) is 30.3 Å². The summed E-state index contributed by atoms with van der Waals surface area (Å²) in [7, 11) is -3.72. The monoisotopic (exact) mass is 491 g/mol. The minimum absolute atomic E-state index is 0.0371. The van der Waals surface area contributed by atoms with E-state index in [0.717, 1.165) is 0 Å². The average molecular weight is 492 g/mol. The van der Waals surface area contributed by atoms with Gasteiger partial charge in [-0.3, -0.25) is 10.1 Å². The molecular formula is C22H25N3O8S. The highest BCUT2D eigenvalue weighted by Gasteiger charge is 2.26. The van der Waals surface area contributed by atoms with E-state index in [1.54, 1.807) is 19.1 Å². The van der Waals surface area contributed by atoms with E-state index < -0.39 is 34.6 Å². The Morgan fingerprint density at radius 1 is 0.971 bits per heavy atom. The van der Waals surface area contributed by atoms with Gasteiger partial charge >= 0.3 is 12.1 Å². The highest BCUT2D eigenvalue weighted by atomic mass is 32.2. The molecule has 0 unspecified atom stereocenters. The molecule has 12 heteroatoms. The predicted molar refractivity (Wildman–Crippen MR) is 122 cm³/mol. The van der Waals surface area contributed by atoms with Gasteiger partial charge in [0.2, 0.25) is 10.0 Å². The summed E-state index contributed by atoms with van der Waals surface area (Å²) in [5.41, 5.74) is 0.701. The van der Waals surface area contributed by atoms with Crippen molar-refractivity contribution in [3.05, 3.63) is 54.1 Å². The molecule has 1 saturated heterocycles. The molecule has 0 spiro atoms. The van der Waals surface area contributed by atoms with E-state index in [4.69, 9.17) is 14.2 Å². The topological polar surface area (TPSA) is 140 Å². The van der Waals surface area contributed by atoms with Crippen LogP contribution in [0.3, 0.4) is 0 Å². The number of amides is 2. The van der Waals surface area contributed by atoms with Crippen LogP contribution in [0.1, 0.15) is 17.3 Å². The number of carbonyl (C=O) groups is 3. The smallest absolute Gasteiger partial charge is 0.411 e. The third-order valence-electron chi connectivity index (χ3n) is 4.68. The van der Waals surface area contributed by atoms with Gasteiger partial charge in [-0.15, -0.1) is 0 Å². The first-order valence-corrected chi connectivity index (χ1v) is 11.9. The quantitative estimate of drug-likeness (QED) is 0.535. The first-order chi connectivity index (χ1) is 16.3. The molecule has 0 saturated carbocycles. The molecule has 2 amide bonds. The SMILES string of the molecule is CCOC(=O)Nc1cccc(C(=O)OCC(=O)Nc2cccc(S(=O)(=O)N3CCOCC3)c2)c1. The van der Waals surface area contributed by atoms with Crippen molar-refractivity contribution in [2.75, 3.05) is 50.2 Å². The molecule has 0 radical (unpaired) electrons. The number of ether oxygens (including phenoxy) is 3. The van der Waals surface area contributed by atoms with Gasteiger partial charge in [-0.25, -0.2) is 18.0 Å². The summed E-state index contributed by atoms with van der Waals surface area (Å²) in [6.45, 7) is 2.43. The van der Waals surface area contributed by atoms with Crippen LogP contribution in [0.15, 0.2) is 53.4 Å². The van der Waals surface area contributed by atoms with Crippen molar-refractivity contribution in [1.82, 2.24) is 4.31 Å². The minimum Gasteiger partial charge on any atom is -0.452 e. The van der Waals surface area contributed by atoms with Crippen molar-refractivity contribution >= 4 is 39.4 Å². The Kier molecular flexibility index (Phi) is 8.57. The normalized spacial score (nSPS) is 14.1. The molecular weight excluding hydrogens is 466 g/mol. The van der Waals surface area contributed by atoms with E-state index in [1.165, 1.54) is 40.7 Å². The molecule has 2 aromatic rings. The highest BCUT2D eigenvalue weighted by molar-refractivity contribution is 7.89. The van der Waals surface area contributed by atoms with Crippen LogP contribution in [0.2, 0.25) is 0 Å². The largest absolute Gasteiger partial charge is 0.452 e. The highest BCUT2D eigenvalue weighted by Crippen LogP contribution is 2.20. The van der Waals surface area contributed by atoms with E-state index in [2.05, 4.69) is 10.6 Å². The summed E-state index contributed by atoms with van der Waals surface area (Å²) >= 11 is 0. The number of benzene rings is 2. The first kappa shape index (κ1) is 25.1. The Morgan fingerprint density at radius 3 is 2.35 bits per heavy atom. The molecule has 1 aliphatic heterocycles. The van der Waals surface area contributed by atoms with Crippen molar-refractivity contribution < 1.29 is 37.0 Å². The van der Waals surface area contributed by atoms with Crippen molar-refractivity contribution in [2.45, 2.75) is 11.8 Å². The van der Waals surface area contributed by atoms with E-state index in [9.17, 15) is 22.8 Å². The van der Waals surface area contributed by atoms with Crippen LogP contribution in [-0.2, 0) is 29.0 Å². The first-order valence-electron chi connectivity index (χ1n) is 10.5. The van der Waals surface area contributed by atoms with Gasteiger partial charge in [0, 0.05) is 24.5 Å². The lowest BCUT2D eigenvalue weighted by Gasteiger charge is -2.26. The molecule has 1 fully saturated rings. The minimum atomic E-state index is -3.72. The molecule has 34 heavy (non-hydrogen) atoms. The molecule has 0 bridgehead atoms. The number of hydrogen-bond donors (Lipinski definition) is 2. The van der Waals surface area contributed by atoms with Crippen molar-refractivity contribution in [3.8, 4) is 0 Å². The standard InChI is InChI=1S/C22H25N3O8S/c1-2-32-22(28)24-17-6-3-5-16(13-17)21(27)33-15-20(26)23-18-7-4-8-19(14-18)34(29,30)25-9-11-31-12-10-25/h3-8,13-14H,2,9-12,15H2,1H3,(H,23,26)(H,24,28). The third-order valence-corrected chi connectivity index (χ3v) is 6.57. The molecule has 2 N–H and O–H groups in total. The zero-order valence-corrected chi connectivity index (χ0v) is 19.3. The number of anilines is 2. The molecule has 0 aliphatic carbocycles. The van der Waals surface area contributed by atoms with Crippen LogP contribution in [0.25, 0.3) is 0 Å². The van der Waals surface area contributed by atoms with Gasteiger partial charge in [0.1, 0.15) is 0 Å². The lowest BCUT2D eigenvalue weighted by atomic mass is 10.2. The fourth-order valence-corrected chi connectivity index (χ4v) is 4.55. The lowest BCUT2D eigenvalue weighted by Crippen LogP contribution is -2.40. The average Bonchev–Trinajstić information content (AvgIpc) is 2.83. The summed E-state index contributed by atoms with van der Waals surface area (Å²) in [6, 6.07) is 11.8. The third kappa shape index (κ3) is 6.76. The fraction of sp³-hybridized carbons (Fsp3) is 0.318. The Labute approximate surface area is 197 Å². The van der Waals surface area contributed by atoms with Gasteiger partial charge in [0.25, 0.3) is 5.91 Å². The van der Waals surface area contributed by atoms with Crippen LogP contribution in [0, 0.1) is 0 Å². The Bertz CT molecular complexity index is 1150. The number of hydrogen-bond acceptors (Lipinski definition) is 8. The fourth-order valence-electron chi connectivity index (χ4n) is 3.09. The summed E-state index contributed by atoms with van der Waals surface area (Å²) in [5, 5.41) is 4.99. The maximum absolute atomic E-state index is 12.8. The van der Waals surface area contributed by atoms with Crippen LogP contribution in [0.5, 0.6) is 0 Å². The molecule has 1 aliphatic rings. The maximum Gasteiger partial charge on any atom is 0.411 e. The second-order valence-corrected chi connectivity index (χ2v) is 9.03. The van der Waals surface area contributed by atoms with Crippen LogP contribution < -0.4 is 10.6 Å². The summed E-state index contributed by atoms with van der Waals surface area (Å²) in [5.74, 6) is -1.42. The molecule has 11 nitrogen and oxygen atoms in total. The van der Waals surface area contributed by atoms with Gasteiger partial charge in [-0.1, -0.05) is 12.1 Å². The van der Waals surface area contributed by atoms with E-state index >= 15 is 0 Å². The molecule has 0 atom stereocenters. The number of sulfonamides is 1. The number of esters is 1. The second-order valence-electron chi connectivity index (χ2n) is 7.09. The number of morpholine rings is 1. The van der Waals surface area contributed by atoms with Crippen molar-refractivity contribution in [1.29, 1.82) is 0 Å². The molecule has 2 aromatic carbocycles. The number of rotatable bonds is 8. The summed E-state index contributed by atoms with van der Waals surface area (Å²) < 4.78 is 41.9. The zero-order chi connectivity index (χ0) is 24.6. The van der Waals surface area contributed by atoms with E-state index in [1.807, 2.05) is 0 Å². The second kappa shape index (κ2) is 11.6. The Balaban J connectivity index is 1.57. The van der Waals surface area contributed by atoms with Crippen LogP contribution >= 0.6 is 0 Å². The Morgan fingerprint density at radius 2 is 1.65 bits per heavy atom. The molecule has 1 heterocycles. The maximum atomic E-state index is 12.8. The van der Waals surface area contributed by atoms with Crippen molar-refractivity contribution in [2.24, 2.45) is 0 Å². The van der Waals surface area contributed by atoms with Crippen LogP contribution in [0.4, 0.5) is 16.2 Å². The summed E-state index contributed by atoms with van der Waals surface area (Å²) in [6.07, 6.45) is -0.662. The number of nitrogens with zero attached hydrogens (tertiary/aromatic N) is 1. The van der Waals surface area contributed by atoms with E-state index in [-0.39, 0.29) is 35.8 Å². The zero-order valence-electron chi connectivity index (χ0n) is 18.5. The van der Waals surface area contributed by atoms with Gasteiger partial charge < -0.3 is 19.5 Å². The number of carbonyl (C=O) groups excluding carboxylic acids is 3. The number of nitrogens with one attached hydrogen (secondary N) is 2.